The lowest BCUT2D eigenvalue weighted by atomic mass is 10.1. The molecule has 0 N–H and O–H groups in total. The number of hydrogen-bond donors (Lipinski definition) is 0. The van der Waals surface area contributed by atoms with E-state index in [0.29, 0.717) is 5.82 Å². The van der Waals surface area contributed by atoms with Crippen LogP contribution in [0.3, 0.4) is 0 Å². The second-order valence-electron chi connectivity index (χ2n) is 9.45. The van der Waals surface area contributed by atoms with Gasteiger partial charge in [0, 0.05) is 33.4 Å². The highest BCUT2D eigenvalue weighted by molar-refractivity contribution is 6.24. The monoisotopic (exact) mass is 487 g/mol. The third kappa shape index (κ3) is 3.10. The Balaban J connectivity index is 1.54. The van der Waals surface area contributed by atoms with Gasteiger partial charge in [-0.25, -0.2) is 9.97 Å². The van der Waals surface area contributed by atoms with Crippen molar-refractivity contribution in [3.63, 3.8) is 0 Å². The lowest BCUT2D eigenvalue weighted by Crippen LogP contribution is -2.02. The third-order valence-electron chi connectivity index (χ3n) is 7.22. The average molecular weight is 488 g/mol. The van der Waals surface area contributed by atoms with Crippen molar-refractivity contribution in [2.45, 2.75) is 0 Å². The van der Waals surface area contributed by atoms with E-state index in [2.05, 4.69) is 83.4 Å². The van der Waals surface area contributed by atoms with E-state index in [0.717, 1.165) is 55.6 Å². The zero-order valence-corrected chi connectivity index (χ0v) is 20.4. The second-order valence-corrected chi connectivity index (χ2v) is 9.45. The van der Waals surface area contributed by atoms with Crippen molar-refractivity contribution in [3.05, 3.63) is 127 Å². The van der Waals surface area contributed by atoms with Crippen molar-refractivity contribution in [1.82, 2.24) is 14.5 Å². The first-order valence-corrected chi connectivity index (χ1v) is 12.7. The van der Waals surface area contributed by atoms with Crippen molar-refractivity contribution in [1.29, 1.82) is 0 Å². The molecule has 0 saturated carbocycles. The Labute approximate surface area is 218 Å². The van der Waals surface area contributed by atoms with Gasteiger partial charge in [0.2, 0.25) is 0 Å². The number of rotatable bonds is 3. The molecule has 38 heavy (non-hydrogen) atoms. The molecule has 0 atom stereocenters. The highest BCUT2D eigenvalue weighted by Gasteiger charge is 2.20. The average Bonchev–Trinajstić information content (AvgIpc) is 3.53. The Morgan fingerprint density at radius 2 is 1.21 bits per heavy atom. The zero-order valence-electron chi connectivity index (χ0n) is 20.4. The first-order chi connectivity index (χ1) is 18.8. The van der Waals surface area contributed by atoms with E-state index < -0.39 is 0 Å². The molecule has 3 heterocycles. The third-order valence-corrected chi connectivity index (χ3v) is 7.22. The van der Waals surface area contributed by atoms with Gasteiger partial charge >= 0.3 is 0 Å². The molecule has 0 spiro atoms. The van der Waals surface area contributed by atoms with Gasteiger partial charge < -0.3 is 4.42 Å². The van der Waals surface area contributed by atoms with Gasteiger partial charge in [-0.2, -0.15) is 0 Å². The molecule has 0 unspecified atom stereocenters. The van der Waals surface area contributed by atoms with Gasteiger partial charge in [-0.1, -0.05) is 97.1 Å². The van der Waals surface area contributed by atoms with Crippen LogP contribution in [0.15, 0.2) is 132 Å². The van der Waals surface area contributed by atoms with Crippen LogP contribution in [-0.4, -0.2) is 14.5 Å². The van der Waals surface area contributed by atoms with E-state index in [1.165, 1.54) is 10.8 Å². The summed E-state index contributed by atoms with van der Waals surface area (Å²) < 4.78 is 8.56. The van der Waals surface area contributed by atoms with Crippen LogP contribution in [0.4, 0.5) is 0 Å². The minimum atomic E-state index is 0.692. The van der Waals surface area contributed by atoms with Gasteiger partial charge in [-0.15, -0.1) is 0 Å². The minimum Gasteiger partial charge on any atom is -0.456 e. The number of fused-ring (bicyclic) bond motifs is 7. The standard InChI is InChI=1S/C34H21N3O/c1-3-11-22(12-4-1)27-21-31(36-34(35-27)23-13-5-2-6-14-23)37-28-17-9-7-15-24(28)25-19-20-30-32(33(25)37)26-16-8-10-18-29(26)38-30/h1-21H. The van der Waals surface area contributed by atoms with Crippen LogP contribution in [0.2, 0.25) is 0 Å². The molecule has 0 radical (unpaired) electrons. The normalized spacial score (nSPS) is 11.7. The van der Waals surface area contributed by atoms with Crippen LogP contribution in [-0.2, 0) is 0 Å². The maximum atomic E-state index is 6.29. The van der Waals surface area contributed by atoms with E-state index in [1.54, 1.807) is 0 Å². The predicted molar refractivity (Wildman–Crippen MR) is 155 cm³/mol. The maximum absolute atomic E-state index is 6.29. The molecule has 4 heteroatoms. The van der Waals surface area contributed by atoms with Crippen LogP contribution in [0.25, 0.3) is 72.2 Å². The second kappa shape index (κ2) is 8.15. The molecule has 4 nitrogen and oxygen atoms in total. The molecular formula is C34H21N3O. The van der Waals surface area contributed by atoms with E-state index in [9.17, 15) is 0 Å². The molecule has 178 valence electrons. The largest absolute Gasteiger partial charge is 0.456 e. The summed E-state index contributed by atoms with van der Waals surface area (Å²) in [5, 5.41) is 4.53. The SMILES string of the molecule is c1ccc(-c2cc(-n3c4ccccc4c4ccc5oc6ccccc6c5c43)nc(-c3ccccc3)n2)cc1. The van der Waals surface area contributed by atoms with E-state index in [1.807, 2.05) is 48.5 Å². The highest BCUT2D eigenvalue weighted by atomic mass is 16.3. The summed E-state index contributed by atoms with van der Waals surface area (Å²) in [4.78, 5) is 10.2. The zero-order chi connectivity index (χ0) is 25.1. The maximum Gasteiger partial charge on any atom is 0.162 e. The summed E-state index contributed by atoms with van der Waals surface area (Å²) in [6.07, 6.45) is 0. The first kappa shape index (κ1) is 20.9. The molecule has 8 rings (SSSR count). The highest BCUT2D eigenvalue weighted by Crippen LogP contribution is 2.41. The number of benzene rings is 5. The molecule has 0 aliphatic carbocycles. The number of nitrogens with zero attached hydrogens (tertiary/aromatic N) is 3. The quantitative estimate of drug-likeness (QED) is 0.250. The molecule has 0 fully saturated rings. The van der Waals surface area contributed by atoms with Crippen LogP contribution < -0.4 is 0 Å². The number of para-hydroxylation sites is 2. The topological polar surface area (TPSA) is 43.9 Å². The summed E-state index contributed by atoms with van der Waals surface area (Å²) >= 11 is 0. The summed E-state index contributed by atoms with van der Waals surface area (Å²) in [5.74, 6) is 1.51. The van der Waals surface area contributed by atoms with Gasteiger partial charge in [-0.05, 0) is 24.3 Å². The van der Waals surface area contributed by atoms with Gasteiger partial charge in [0.25, 0.3) is 0 Å². The molecule has 5 aromatic carbocycles. The molecule has 8 aromatic rings. The number of aromatic nitrogens is 3. The Kier molecular flexibility index (Phi) is 4.49. The van der Waals surface area contributed by atoms with E-state index in [-0.39, 0.29) is 0 Å². The van der Waals surface area contributed by atoms with Crippen molar-refractivity contribution in [2.24, 2.45) is 0 Å². The van der Waals surface area contributed by atoms with Gasteiger partial charge in [-0.3, -0.25) is 4.57 Å². The van der Waals surface area contributed by atoms with E-state index in [4.69, 9.17) is 14.4 Å². The summed E-state index contributed by atoms with van der Waals surface area (Å²) in [6.45, 7) is 0. The Morgan fingerprint density at radius 3 is 2.03 bits per heavy atom. The number of furan rings is 1. The van der Waals surface area contributed by atoms with Crippen molar-refractivity contribution >= 4 is 43.7 Å². The number of hydrogen-bond acceptors (Lipinski definition) is 3. The van der Waals surface area contributed by atoms with Crippen LogP contribution in [0, 0.1) is 0 Å². The smallest absolute Gasteiger partial charge is 0.162 e. The van der Waals surface area contributed by atoms with Crippen molar-refractivity contribution in [2.75, 3.05) is 0 Å². The Hall–Kier alpha value is -5.22. The molecule has 0 aliphatic rings. The lowest BCUT2D eigenvalue weighted by Gasteiger charge is -2.12. The predicted octanol–water partition coefficient (Wildman–Crippen LogP) is 8.81. The van der Waals surface area contributed by atoms with Crippen molar-refractivity contribution < 1.29 is 4.42 Å². The Bertz CT molecular complexity index is 2070. The van der Waals surface area contributed by atoms with Crippen LogP contribution >= 0.6 is 0 Å². The summed E-state index contributed by atoms with van der Waals surface area (Å²) in [7, 11) is 0. The van der Waals surface area contributed by atoms with Gasteiger partial charge in [0.15, 0.2) is 5.82 Å². The van der Waals surface area contributed by atoms with Crippen molar-refractivity contribution in [3.8, 4) is 28.5 Å². The fourth-order valence-corrected chi connectivity index (χ4v) is 5.53. The molecular weight excluding hydrogens is 466 g/mol. The van der Waals surface area contributed by atoms with Gasteiger partial charge in [0.1, 0.15) is 17.0 Å². The van der Waals surface area contributed by atoms with Crippen LogP contribution in [0.1, 0.15) is 0 Å². The molecule has 0 amide bonds. The summed E-state index contributed by atoms with van der Waals surface area (Å²) in [6, 6.07) is 43.6. The fraction of sp³-hybridized carbons (Fsp3) is 0. The van der Waals surface area contributed by atoms with E-state index >= 15 is 0 Å². The molecule has 0 bridgehead atoms. The minimum absolute atomic E-state index is 0.692. The Morgan fingerprint density at radius 1 is 0.526 bits per heavy atom. The molecule has 0 saturated heterocycles. The molecule has 3 aromatic heterocycles. The van der Waals surface area contributed by atoms with Gasteiger partial charge in [0.05, 0.1) is 22.1 Å². The molecule has 0 aliphatic heterocycles. The first-order valence-electron chi connectivity index (χ1n) is 12.7. The van der Waals surface area contributed by atoms with Crippen LogP contribution in [0.5, 0.6) is 0 Å². The lowest BCUT2D eigenvalue weighted by molar-refractivity contribution is 0.669. The summed E-state index contributed by atoms with van der Waals surface area (Å²) in [5.41, 5.74) is 6.83. The fourth-order valence-electron chi connectivity index (χ4n) is 5.53.